The number of aromatic nitrogens is 8. The summed E-state index contributed by atoms with van der Waals surface area (Å²) in [6, 6.07) is 0. The number of carbonyl (C=O) groups excluding carboxylic acids is 1. The van der Waals surface area contributed by atoms with Crippen LogP contribution in [0, 0.1) is 5.41 Å². The molecule has 4 aromatic rings. The number of anilines is 2. The van der Waals surface area contributed by atoms with Gasteiger partial charge in [-0.25, -0.2) is 33.5 Å². The van der Waals surface area contributed by atoms with Gasteiger partial charge in [0.15, 0.2) is 41.3 Å². The fourth-order valence-electron chi connectivity index (χ4n) is 5.77. The van der Waals surface area contributed by atoms with E-state index in [9.17, 15) is 23.8 Å². The van der Waals surface area contributed by atoms with Crippen LogP contribution in [-0.2, 0) is 50.8 Å². The van der Waals surface area contributed by atoms with Crippen LogP contribution in [0.5, 0.6) is 0 Å². The molecule has 0 aromatic carbocycles. The quantitative estimate of drug-likeness (QED) is 0.122. The third kappa shape index (κ3) is 7.25. The summed E-state index contributed by atoms with van der Waals surface area (Å²) in [4.78, 5) is 47.8. The average molecular weight is 821 g/mol. The molecule has 4 aromatic heterocycles. The molecular weight excluding hydrogens is 785 g/mol. The summed E-state index contributed by atoms with van der Waals surface area (Å²) in [6.45, 7) is -1.27. The first-order valence-corrected chi connectivity index (χ1v) is 20.6. The van der Waals surface area contributed by atoms with Crippen LogP contribution in [0.1, 0.15) is 33.2 Å². The number of esters is 1. The van der Waals surface area contributed by atoms with Crippen molar-refractivity contribution in [3.8, 4) is 0 Å². The highest BCUT2D eigenvalue weighted by Gasteiger charge is 2.55. The predicted molar refractivity (Wildman–Crippen MR) is 183 cm³/mol. The van der Waals surface area contributed by atoms with Gasteiger partial charge in [0.2, 0.25) is 5.95 Å². The molecular formula is C27H35FN10O13P2S. The first kappa shape index (κ1) is 38.7. The van der Waals surface area contributed by atoms with E-state index in [2.05, 4.69) is 29.9 Å². The van der Waals surface area contributed by atoms with Gasteiger partial charge in [0, 0.05) is 18.5 Å². The van der Waals surface area contributed by atoms with Crippen LogP contribution in [0.15, 0.2) is 23.8 Å². The van der Waals surface area contributed by atoms with Gasteiger partial charge < -0.3 is 30.8 Å². The van der Waals surface area contributed by atoms with Gasteiger partial charge in [-0.3, -0.25) is 46.3 Å². The van der Waals surface area contributed by atoms with Gasteiger partial charge in [0.25, 0.3) is 5.56 Å². The third-order valence-electron chi connectivity index (χ3n) is 8.50. The summed E-state index contributed by atoms with van der Waals surface area (Å²) in [5.41, 5.74) is 10.1. The Morgan fingerprint density at radius 1 is 1.02 bits per heavy atom. The van der Waals surface area contributed by atoms with E-state index in [-0.39, 0.29) is 34.1 Å². The van der Waals surface area contributed by atoms with Gasteiger partial charge in [-0.1, -0.05) is 0 Å². The smallest absolute Gasteiger partial charge is 0.454 e. The van der Waals surface area contributed by atoms with Gasteiger partial charge in [0.1, 0.15) is 48.3 Å². The summed E-state index contributed by atoms with van der Waals surface area (Å²) in [5.74, 6) is -1.46. The zero-order valence-corrected chi connectivity index (χ0v) is 31.4. The number of phosphoric acid groups is 1. The minimum atomic E-state index is -4.70. The Kier molecular flexibility index (Phi) is 10.4. The van der Waals surface area contributed by atoms with Crippen LogP contribution in [0.4, 0.5) is 16.2 Å². The Labute approximate surface area is 307 Å². The van der Waals surface area contributed by atoms with Crippen molar-refractivity contribution in [2.75, 3.05) is 37.7 Å². The molecule has 7 rings (SSSR count). The highest BCUT2D eigenvalue weighted by molar-refractivity contribution is 8.55. The lowest BCUT2D eigenvalue weighted by Crippen LogP contribution is -2.35. The molecule has 54 heavy (non-hydrogen) atoms. The predicted octanol–water partition coefficient (Wildman–Crippen LogP) is 1.58. The molecule has 9 unspecified atom stereocenters. The first-order valence-electron chi connectivity index (χ1n) is 16.0. The van der Waals surface area contributed by atoms with E-state index in [0.717, 1.165) is 19.8 Å². The van der Waals surface area contributed by atoms with E-state index in [1.165, 1.54) is 15.5 Å². The zero-order chi connectivity index (χ0) is 38.7. The number of aromatic amines is 1. The lowest BCUT2D eigenvalue weighted by molar-refractivity contribution is -0.150. The number of phosphoric ester groups is 1. The summed E-state index contributed by atoms with van der Waals surface area (Å²) in [5, 5.41) is 11.5. The fourth-order valence-corrected chi connectivity index (χ4v) is 9.68. The molecule has 6 N–H and O–H groups in total. The maximum absolute atomic E-state index is 16.5. The fraction of sp³-hybridized carbons (Fsp3) is 0.593. The van der Waals surface area contributed by atoms with E-state index < -0.39 is 99.9 Å². The molecule has 27 heteroatoms. The number of nitrogens with two attached hydrogens (primary N) is 2. The number of hydrogen-bond donors (Lipinski definition) is 4. The van der Waals surface area contributed by atoms with Crippen LogP contribution < -0.4 is 17.0 Å². The Balaban J connectivity index is 1.26. The Bertz CT molecular complexity index is 2220. The summed E-state index contributed by atoms with van der Waals surface area (Å²) in [6.07, 6.45) is -9.64. The lowest BCUT2D eigenvalue weighted by atomic mass is 9.98. The van der Waals surface area contributed by atoms with Gasteiger partial charge in [-0.05, 0) is 20.8 Å². The molecule has 294 valence electrons. The largest absolute Gasteiger partial charge is 0.475 e. The standard InChI is InChI=1S/C27H35FN10O13P2S/c1-27(2,3)25(41)45-10-54-53(43)47-6-12-17(13(28)23(49-12)37-8-33-14-19(29)31-7-32-20(14)37)50-52(42,44-4)46-5-11-16(39)18(51-53)24(48-11)38-9-34-15-21(38)35-26(30)36-22(15)40/h7-9,11-13,16-18,23-24,39H,5-6,10H2,1-4H3,(H2,29,31,32)(H3,30,35,36,40)/t11?,12?,13?,16?,17?,18?,23-,24?,52?,53?/m1/s1. The van der Waals surface area contributed by atoms with Crippen molar-refractivity contribution < 1.29 is 60.3 Å². The number of ether oxygens (including phenoxy) is 3. The van der Waals surface area contributed by atoms with Crippen LogP contribution in [-0.4, -0.2) is 113 Å². The number of fused-ring (bicyclic) bond motifs is 5. The number of H-pyrrole nitrogens is 1. The van der Waals surface area contributed by atoms with Crippen molar-refractivity contribution in [1.82, 2.24) is 39.0 Å². The lowest BCUT2D eigenvalue weighted by Gasteiger charge is -2.28. The van der Waals surface area contributed by atoms with E-state index in [4.69, 9.17) is 48.3 Å². The number of hydrogen-bond acceptors (Lipinski definition) is 21. The molecule has 0 radical (unpaired) electrons. The van der Waals surface area contributed by atoms with Gasteiger partial charge in [-0.15, -0.1) is 0 Å². The molecule has 2 bridgehead atoms. The summed E-state index contributed by atoms with van der Waals surface area (Å²) >= 11 is 0.428. The summed E-state index contributed by atoms with van der Waals surface area (Å²) in [7, 11) is -3.71. The first-order chi connectivity index (χ1) is 25.5. The van der Waals surface area contributed by atoms with Crippen molar-refractivity contribution >= 4 is 66.1 Å². The number of nitrogen functional groups attached to an aromatic ring is 2. The molecule has 10 atom stereocenters. The third-order valence-corrected chi connectivity index (χ3v) is 13.3. The zero-order valence-electron chi connectivity index (χ0n) is 28.8. The SMILES string of the molecule is COP1(=O)OCC2OC(n3cnc4c(=O)[nH]c(N)nc43)C(OP(=O)(SCOC(=O)C(C)(C)C)OCC3O[C@@H](n4cnc5c(N)ncnc54)C(F)C3O1)C2O. The maximum atomic E-state index is 16.5. The Hall–Kier alpha value is -3.61. The molecule has 3 fully saturated rings. The normalized spacial score (nSPS) is 33.6. The topological polar surface area (TPSA) is 304 Å². The van der Waals surface area contributed by atoms with Crippen molar-refractivity contribution in [1.29, 1.82) is 0 Å². The second-order valence-electron chi connectivity index (χ2n) is 13.2. The van der Waals surface area contributed by atoms with E-state index in [1.807, 2.05) is 0 Å². The average Bonchev–Trinajstić information content (AvgIpc) is 3.87. The molecule has 23 nitrogen and oxygen atoms in total. The number of nitrogens with zero attached hydrogens (tertiary/aromatic N) is 7. The Morgan fingerprint density at radius 2 is 1.70 bits per heavy atom. The van der Waals surface area contributed by atoms with E-state index in [1.54, 1.807) is 20.8 Å². The van der Waals surface area contributed by atoms with Crippen LogP contribution >= 0.6 is 26.0 Å². The molecule has 7 heterocycles. The number of rotatable bonds is 6. The van der Waals surface area contributed by atoms with Crippen molar-refractivity contribution in [2.45, 2.75) is 69.9 Å². The molecule has 0 saturated carbocycles. The minimum Gasteiger partial charge on any atom is -0.454 e. The van der Waals surface area contributed by atoms with Crippen molar-refractivity contribution in [3.63, 3.8) is 0 Å². The highest BCUT2D eigenvalue weighted by atomic mass is 32.7. The number of alkyl halides is 1. The van der Waals surface area contributed by atoms with Crippen molar-refractivity contribution in [3.05, 3.63) is 29.3 Å². The number of halogens is 1. The molecule has 0 aliphatic carbocycles. The van der Waals surface area contributed by atoms with E-state index in [0.29, 0.717) is 11.4 Å². The molecule has 0 amide bonds. The monoisotopic (exact) mass is 820 g/mol. The van der Waals surface area contributed by atoms with Gasteiger partial charge >= 0.3 is 20.6 Å². The second kappa shape index (κ2) is 14.5. The maximum Gasteiger partial charge on any atom is 0.475 e. The number of aliphatic hydroxyl groups is 1. The van der Waals surface area contributed by atoms with Crippen molar-refractivity contribution in [2.24, 2.45) is 5.41 Å². The van der Waals surface area contributed by atoms with Crippen LogP contribution in [0.25, 0.3) is 22.3 Å². The molecule has 3 aliphatic rings. The number of imidazole rings is 2. The van der Waals surface area contributed by atoms with Crippen LogP contribution in [0.2, 0.25) is 0 Å². The molecule has 3 aliphatic heterocycles. The molecule has 3 saturated heterocycles. The second-order valence-corrected chi connectivity index (χ2v) is 18.9. The number of nitrogens with one attached hydrogen (secondary N) is 1. The molecule has 0 spiro atoms. The van der Waals surface area contributed by atoms with Gasteiger partial charge in [0.05, 0.1) is 31.3 Å². The van der Waals surface area contributed by atoms with Gasteiger partial charge in [-0.2, -0.15) is 4.98 Å². The van der Waals surface area contributed by atoms with Crippen LogP contribution in [0.3, 0.4) is 0 Å². The Morgan fingerprint density at radius 3 is 2.43 bits per heavy atom. The van der Waals surface area contributed by atoms with E-state index >= 15 is 4.39 Å². The minimum absolute atomic E-state index is 0.0148. The highest BCUT2D eigenvalue weighted by Crippen LogP contribution is 2.64. The summed E-state index contributed by atoms with van der Waals surface area (Å²) < 4.78 is 93.0. The number of aliphatic hydroxyl groups excluding tert-OH is 1. The number of carbonyl (C=O) groups is 1.